The molecular formula is C20H29ClN2O2. The second kappa shape index (κ2) is 7.00. The molecule has 1 aliphatic heterocycles. The van der Waals surface area contributed by atoms with Crippen molar-refractivity contribution in [2.75, 3.05) is 14.2 Å². The Morgan fingerprint density at radius 1 is 1.04 bits per heavy atom. The quantitative estimate of drug-likeness (QED) is 0.790. The van der Waals surface area contributed by atoms with Gasteiger partial charge in [0, 0.05) is 35.4 Å². The Morgan fingerprint density at radius 2 is 1.68 bits per heavy atom. The number of pyridine rings is 1. The molecule has 0 atom stereocenters. The van der Waals surface area contributed by atoms with E-state index in [1.54, 1.807) is 7.11 Å². The highest BCUT2D eigenvalue weighted by Gasteiger charge is 2.44. The average Bonchev–Trinajstić information content (AvgIpc) is 2.51. The average molecular weight is 365 g/mol. The maximum absolute atomic E-state index is 6.27. The van der Waals surface area contributed by atoms with Crippen LogP contribution in [0.15, 0.2) is 30.3 Å². The van der Waals surface area contributed by atoms with Crippen LogP contribution in [0.4, 0.5) is 0 Å². The second-order valence-electron chi connectivity index (χ2n) is 8.04. The number of hydrogen-bond acceptors (Lipinski definition) is 4. The number of benzene rings is 1. The summed E-state index contributed by atoms with van der Waals surface area (Å²) in [6.07, 6.45) is 2.17. The van der Waals surface area contributed by atoms with Gasteiger partial charge in [-0.15, -0.1) is 12.4 Å². The van der Waals surface area contributed by atoms with Crippen LogP contribution in [0.3, 0.4) is 0 Å². The molecule has 0 unspecified atom stereocenters. The lowest BCUT2D eigenvalue weighted by molar-refractivity contribution is -0.0566. The van der Waals surface area contributed by atoms with Crippen LogP contribution in [0, 0.1) is 0 Å². The van der Waals surface area contributed by atoms with Crippen molar-refractivity contribution in [1.29, 1.82) is 0 Å². The summed E-state index contributed by atoms with van der Waals surface area (Å²) in [5, 5.41) is 1.06. The minimum absolute atomic E-state index is 0. The molecule has 2 heterocycles. The van der Waals surface area contributed by atoms with Gasteiger partial charge < -0.3 is 9.47 Å². The normalized spacial score (nSPS) is 20.1. The van der Waals surface area contributed by atoms with Crippen LogP contribution in [0.2, 0.25) is 0 Å². The molecule has 0 bridgehead atoms. The van der Waals surface area contributed by atoms with Gasteiger partial charge in [0.25, 0.3) is 0 Å². The molecule has 0 spiro atoms. The highest BCUT2D eigenvalue weighted by Crippen LogP contribution is 2.38. The fourth-order valence-electron chi connectivity index (χ4n) is 3.81. The lowest BCUT2D eigenvalue weighted by Gasteiger charge is -2.53. The maximum atomic E-state index is 6.27. The molecule has 5 heteroatoms. The summed E-state index contributed by atoms with van der Waals surface area (Å²) in [4.78, 5) is 7.13. The maximum Gasteiger partial charge on any atom is 0.214 e. The van der Waals surface area contributed by atoms with E-state index in [1.807, 2.05) is 30.3 Å². The van der Waals surface area contributed by atoms with Crippen LogP contribution in [-0.2, 0) is 0 Å². The molecule has 0 amide bonds. The molecule has 1 aromatic heterocycles. The lowest BCUT2D eigenvalue weighted by Crippen LogP contribution is -2.60. The summed E-state index contributed by atoms with van der Waals surface area (Å²) < 4.78 is 11.5. The summed E-state index contributed by atoms with van der Waals surface area (Å²) in [5.74, 6) is 1.55. The topological polar surface area (TPSA) is 34.6 Å². The van der Waals surface area contributed by atoms with Gasteiger partial charge >= 0.3 is 0 Å². The molecule has 3 rings (SSSR count). The van der Waals surface area contributed by atoms with Crippen molar-refractivity contribution in [3.05, 3.63) is 30.3 Å². The summed E-state index contributed by atoms with van der Waals surface area (Å²) >= 11 is 0. The van der Waals surface area contributed by atoms with Crippen molar-refractivity contribution in [2.45, 2.75) is 57.7 Å². The molecule has 0 radical (unpaired) electrons. The zero-order chi connectivity index (χ0) is 17.5. The smallest absolute Gasteiger partial charge is 0.214 e. The van der Waals surface area contributed by atoms with Crippen LogP contribution in [0.5, 0.6) is 11.6 Å². The minimum Gasteiger partial charge on any atom is -0.497 e. The van der Waals surface area contributed by atoms with Gasteiger partial charge in [-0.1, -0.05) is 0 Å². The molecule has 1 aromatic carbocycles. The minimum atomic E-state index is 0. The summed E-state index contributed by atoms with van der Waals surface area (Å²) in [7, 11) is 3.88. The number of piperidine rings is 1. The van der Waals surface area contributed by atoms with Gasteiger partial charge in [0.2, 0.25) is 5.88 Å². The summed E-state index contributed by atoms with van der Waals surface area (Å²) in [6, 6.07) is 9.91. The number of methoxy groups -OCH3 is 1. The molecular weight excluding hydrogens is 336 g/mol. The van der Waals surface area contributed by atoms with E-state index in [-0.39, 0.29) is 29.6 Å². The molecule has 1 aliphatic rings. The molecule has 4 nitrogen and oxygen atoms in total. The van der Waals surface area contributed by atoms with Gasteiger partial charge in [0.05, 0.1) is 12.6 Å². The van der Waals surface area contributed by atoms with E-state index in [4.69, 9.17) is 9.47 Å². The van der Waals surface area contributed by atoms with Crippen molar-refractivity contribution < 1.29 is 9.47 Å². The summed E-state index contributed by atoms with van der Waals surface area (Å²) in [6.45, 7) is 9.13. The fourth-order valence-corrected chi connectivity index (χ4v) is 3.81. The Kier molecular flexibility index (Phi) is 5.55. The first kappa shape index (κ1) is 19.8. The number of ether oxygens (including phenoxy) is 2. The van der Waals surface area contributed by atoms with Gasteiger partial charge in [0.15, 0.2) is 0 Å². The van der Waals surface area contributed by atoms with Crippen molar-refractivity contribution in [3.63, 3.8) is 0 Å². The molecule has 2 aromatic rings. The van der Waals surface area contributed by atoms with Gasteiger partial charge in [-0.2, -0.15) is 0 Å². The van der Waals surface area contributed by atoms with Gasteiger partial charge in [-0.3, -0.25) is 4.90 Å². The Hall–Kier alpha value is -1.52. The Morgan fingerprint density at radius 3 is 2.28 bits per heavy atom. The molecule has 138 valence electrons. The zero-order valence-electron chi connectivity index (χ0n) is 16.0. The van der Waals surface area contributed by atoms with Gasteiger partial charge in [0.1, 0.15) is 11.9 Å². The molecule has 1 fully saturated rings. The molecule has 0 N–H and O–H groups in total. The Balaban J connectivity index is 0.00000225. The summed E-state index contributed by atoms with van der Waals surface area (Å²) in [5.41, 5.74) is 1.15. The van der Waals surface area contributed by atoms with E-state index in [0.29, 0.717) is 5.88 Å². The van der Waals surface area contributed by atoms with Crippen LogP contribution in [0.1, 0.15) is 40.5 Å². The highest BCUT2D eigenvalue weighted by atomic mass is 35.5. The first-order valence-electron chi connectivity index (χ1n) is 8.57. The molecule has 0 aliphatic carbocycles. The number of fused-ring (bicyclic) bond motifs is 1. The van der Waals surface area contributed by atoms with Crippen molar-refractivity contribution in [1.82, 2.24) is 9.88 Å². The molecule has 1 saturated heterocycles. The third kappa shape index (κ3) is 4.01. The van der Waals surface area contributed by atoms with E-state index in [0.717, 1.165) is 29.5 Å². The Labute approximate surface area is 156 Å². The fraction of sp³-hybridized carbons (Fsp3) is 0.550. The largest absolute Gasteiger partial charge is 0.497 e. The SMILES string of the molecule is COc1ccc2nc(OC3CC(C)(C)N(C)C(C)(C)C3)ccc2c1.Cl. The van der Waals surface area contributed by atoms with Crippen LogP contribution >= 0.6 is 12.4 Å². The number of nitrogens with zero attached hydrogens (tertiary/aromatic N) is 2. The predicted molar refractivity (Wildman–Crippen MR) is 105 cm³/mol. The third-order valence-electron chi connectivity index (χ3n) is 5.43. The number of halogens is 1. The number of rotatable bonds is 3. The highest BCUT2D eigenvalue weighted by molar-refractivity contribution is 5.85. The van der Waals surface area contributed by atoms with Gasteiger partial charge in [-0.05, 0) is 59.0 Å². The van der Waals surface area contributed by atoms with E-state index in [2.05, 4.69) is 44.6 Å². The van der Waals surface area contributed by atoms with Crippen molar-refractivity contribution >= 4 is 23.3 Å². The molecule has 0 saturated carbocycles. The van der Waals surface area contributed by atoms with E-state index < -0.39 is 0 Å². The first-order valence-corrected chi connectivity index (χ1v) is 8.57. The van der Waals surface area contributed by atoms with Gasteiger partial charge in [-0.25, -0.2) is 4.98 Å². The zero-order valence-corrected chi connectivity index (χ0v) is 16.8. The van der Waals surface area contributed by atoms with Crippen LogP contribution in [0.25, 0.3) is 10.9 Å². The van der Waals surface area contributed by atoms with Crippen molar-refractivity contribution in [3.8, 4) is 11.6 Å². The lowest BCUT2D eigenvalue weighted by atomic mass is 9.79. The van der Waals surface area contributed by atoms with E-state index in [1.165, 1.54) is 0 Å². The number of likely N-dealkylation sites (tertiary alicyclic amines) is 1. The van der Waals surface area contributed by atoms with E-state index in [9.17, 15) is 0 Å². The Bertz CT molecular complexity index is 728. The van der Waals surface area contributed by atoms with Crippen molar-refractivity contribution in [2.24, 2.45) is 0 Å². The number of aromatic nitrogens is 1. The van der Waals surface area contributed by atoms with Crippen LogP contribution in [-0.4, -0.2) is 41.2 Å². The predicted octanol–water partition coefficient (Wildman–Crippen LogP) is 4.70. The standard InChI is InChI=1S/C20H28N2O2.ClH/c1-19(2)12-16(13-20(3,4)22(19)5)24-18-10-7-14-11-15(23-6)8-9-17(14)21-18;/h7-11,16H,12-13H2,1-6H3;1H. The molecule has 25 heavy (non-hydrogen) atoms. The number of hydrogen-bond donors (Lipinski definition) is 0. The monoisotopic (exact) mass is 364 g/mol. The first-order chi connectivity index (χ1) is 11.2. The van der Waals surface area contributed by atoms with E-state index >= 15 is 0 Å². The van der Waals surface area contributed by atoms with Crippen LogP contribution < -0.4 is 9.47 Å². The third-order valence-corrected chi connectivity index (χ3v) is 5.43. The second-order valence-corrected chi connectivity index (χ2v) is 8.04.